The van der Waals surface area contributed by atoms with Crippen molar-refractivity contribution in [3.8, 4) is 5.69 Å². The summed E-state index contributed by atoms with van der Waals surface area (Å²) < 4.78 is 16.2. The van der Waals surface area contributed by atoms with Crippen molar-refractivity contribution in [3.05, 3.63) is 59.2 Å². The van der Waals surface area contributed by atoms with E-state index < -0.39 is 0 Å². The number of halogens is 1. The van der Waals surface area contributed by atoms with E-state index in [0.717, 1.165) is 16.6 Å². The Labute approximate surface area is 123 Å². The third-order valence-corrected chi connectivity index (χ3v) is 3.82. The molecule has 0 fully saturated rings. The highest BCUT2D eigenvalue weighted by atomic mass is 19.1. The maximum atomic E-state index is 14.4. The van der Waals surface area contributed by atoms with Crippen molar-refractivity contribution in [1.82, 2.24) is 14.9 Å². The Morgan fingerprint density at radius 1 is 1.14 bits per heavy atom. The van der Waals surface area contributed by atoms with Crippen LogP contribution in [-0.2, 0) is 6.54 Å². The average Bonchev–Trinajstić information content (AvgIpc) is 2.83. The van der Waals surface area contributed by atoms with Crippen LogP contribution in [-0.4, -0.2) is 16.6 Å². The van der Waals surface area contributed by atoms with Gasteiger partial charge in [0.2, 0.25) is 0 Å². The molecule has 1 heterocycles. The van der Waals surface area contributed by atoms with Crippen molar-refractivity contribution in [2.75, 3.05) is 7.05 Å². The standard InChI is InChI=1S/C17H18FN3/c1-11-6-15-17(7-12(11)2)21(10-20-15)16-5-4-13(9-19-3)8-14(16)18/h4-8,10,19H,9H2,1-3H3. The molecular weight excluding hydrogens is 265 g/mol. The Kier molecular flexibility index (Phi) is 3.47. The van der Waals surface area contributed by atoms with Gasteiger partial charge in [0.25, 0.3) is 0 Å². The number of hydrogen-bond acceptors (Lipinski definition) is 2. The third-order valence-electron chi connectivity index (χ3n) is 3.82. The van der Waals surface area contributed by atoms with E-state index in [9.17, 15) is 4.39 Å². The highest BCUT2D eigenvalue weighted by Crippen LogP contribution is 2.23. The zero-order valence-corrected chi connectivity index (χ0v) is 12.4. The highest BCUT2D eigenvalue weighted by molar-refractivity contribution is 5.79. The molecule has 3 aromatic rings. The van der Waals surface area contributed by atoms with Crippen LogP contribution in [0.5, 0.6) is 0 Å². The molecule has 0 saturated carbocycles. The molecule has 2 aromatic carbocycles. The van der Waals surface area contributed by atoms with E-state index in [1.54, 1.807) is 23.0 Å². The summed E-state index contributed by atoms with van der Waals surface area (Å²) in [4.78, 5) is 4.38. The second-order valence-electron chi connectivity index (χ2n) is 5.36. The minimum absolute atomic E-state index is 0.236. The van der Waals surface area contributed by atoms with E-state index in [0.29, 0.717) is 12.2 Å². The van der Waals surface area contributed by atoms with E-state index in [1.165, 1.54) is 11.1 Å². The van der Waals surface area contributed by atoms with Gasteiger partial charge >= 0.3 is 0 Å². The number of aryl methyl sites for hydroxylation is 2. The van der Waals surface area contributed by atoms with Crippen molar-refractivity contribution < 1.29 is 4.39 Å². The lowest BCUT2D eigenvalue weighted by atomic mass is 10.1. The first-order valence-electron chi connectivity index (χ1n) is 6.98. The summed E-state index contributed by atoms with van der Waals surface area (Å²) in [6.07, 6.45) is 1.68. The van der Waals surface area contributed by atoms with Crippen molar-refractivity contribution >= 4 is 11.0 Å². The Balaban J connectivity index is 2.14. The quantitative estimate of drug-likeness (QED) is 0.797. The molecule has 3 rings (SSSR count). The molecule has 0 aliphatic carbocycles. The van der Waals surface area contributed by atoms with E-state index in [-0.39, 0.29) is 5.82 Å². The molecule has 21 heavy (non-hydrogen) atoms. The normalized spacial score (nSPS) is 11.2. The van der Waals surface area contributed by atoms with Crippen LogP contribution in [0.3, 0.4) is 0 Å². The lowest BCUT2D eigenvalue weighted by Gasteiger charge is -2.09. The van der Waals surface area contributed by atoms with Crippen molar-refractivity contribution in [2.24, 2.45) is 0 Å². The molecule has 0 radical (unpaired) electrons. The Morgan fingerprint density at radius 2 is 1.90 bits per heavy atom. The number of rotatable bonds is 3. The van der Waals surface area contributed by atoms with Crippen LogP contribution in [0.4, 0.5) is 4.39 Å². The topological polar surface area (TPSA) is 29.9 Å². The molecule has 108 valence electrons. The van der Waals surface area contributed by atoms with Gasteiger partial charge in [-0.15, -0.1) is 0 Å². The molecule has 0 spiro atoms. The van der Waals surface area contributed by atoms with E-state index >= 15 is 0 Å². The first kappa shape index (κ1) is 13.8. The maximum absolute atomic E-state index is 14.4. The Hall–Kier alpha value is -2.20. The minimum Gasteiger partial charge on any atom is -0.316 e. The largest absolute Gasteiger partial charge is 0.316 e. The molecule has 0 aliphatic heterocycles. The first-order chi connectivity index (χ1) is 10.1. The summed E-state index contributed by atoms with van der Waals surface area (Å²) in [5.74, 6) is -0.236. The summed E-state index contributed by atoms with van der Waals surface area (Å²) >= 11 is 0. The van der Waals surface area contributed by atoms with Crippen LogP contribution in [0, 0.1) is 19.7 Å². The van der Waals surface area contributed by atoms with Crippen molar-refractivity contribution in [2.45, 2.75) is 20.4 Å². The molecule has 1 aromatic heterocycles. The Bertz CT molecular complexity index is 805. The number of fused-ring (bicyclic) bond motifs is 1. The molecule has 4 heteroatoms. The van der Waals surface area contributed by atoms with Crippen LogP contribution in [0.15, 0.2) is 36.7 Å². The second-order valence-corrected chi connectivity index (χ2v) is 5.36. The predicted octanol–water partition coefficient (Wildman–Crippen LogP) is 3.50. The van der Waals surface area contributed by atoms with Crippen LogP contribution in [0.25, 0.3) is 16.7 Å². The van der Waals surface area contributed by atoms with Gasteiger partial charge in [-0.2, -0.15) is 0 Å². The molecule has 3 nitrogen and oxygen atoms in total. The highest BCUT2D eigenvalue weighted by Gasteiger charge is 2.10. The number of nitrogens with zero attached hydrogens (tertiary/aromatic N) is 2. The lowest BCUT2D eigenvalue weighted by molar-refractivity contribution is 0.615. The van der Waals surface area contributed by atoms with Gasteiger partial charge in [0.15, 0.2) is 0 Å². The fraction of sp³-hybridized carbons (Fsp3) is 0.235. The summed E-state index contributed by atoms with van der Waals surface area (Å²) in [6, 6.07) is 9.39. The van der Waals surface area contributed by atoms with Crippen LogP contribution < -0.4 is 5.32 Å². The van der Waals surface area contributed by atoms with E-state index in [1.807, 2.05) is 19.2 Å². The van der Waals surface area contributed by atoms with Gasteiger partial charge in [0.05, 0.1) is 16.7 Å². The molecule has 0 amide bonds. The van der Waals surface area contributed by atoms with Crippen LogP contribution >= 0.6 is 0 Å². The van der Waals surface area contributed by atoms with Gasteiger partial charge in [-0.3, -0.25) is 4.57 Å². The van der Waals surface area contributed by atoms with Crippen LogP contribution in [0.2, 0.25) is 0 Å². The zero-order valence-electron chi connectivity index (χ0n) is 12.4. The number of nitrogens with one attached hydrogen (secondary N) is 1. The minimum atomic E-state index is -0.236. The number of imidazole rings is 1. The summed E-state index contributed by atoms with van der Waals surface area (Å²) in [6.45, 7) is 4.76. The monoisotopic (exact) mass is 283 g/mol. The second kappa shape index (κ2) is 5.30. The SMILES string of the molecule is CNCc1ccc(-n2cnc3cc(C)c(C)cc32)c(F)c1. The first-order valence-corrected chi connectivity index (χ1v) is 6.98. The molecule has 0 unspecified atom stereocenters. The maximum Gasteiger partial charge on any atom is 0.147 e. The van der Waals surface area contributed by atoms with Crippen LogP contribution in [0.1, 0.15) is 16.7 Å². The van der Waals surface area contributed by atoms with Gasteiger partial charge in [-0.25, -0.2) is 9.37 Å². The third kappa shape index (κ3) is 2.43. The van der Waals surface area contributed by atoms with Gasteiger partial charge < -0.3 is 5.32 Å². The van der Waals surface area contributed by atoms with Gasteiger partial charge in [-0.1, -0.05) is 6.07 Å². The van der Waals surface area contributed by atoms with Gasteiger partial charge in [0.1, 0.15) is 12.1 Å². The fourth-order valence-corrected chi connectivity index (χ4v) is 2.52. The van der Waals surface area contributed by atoms with Gasteiger partial charge in [0, 0.05) is 6.54 Å². The average molecular weight is 283 g/mol. The lowest BCUT2D eigenvalue weighted by Crippen LogP contribution is -2.06. The molecule has 0 aliphatic rings. The molecule has 0 bridgehead atoms. The predicted molar refractivity (Wildman–Crippen MR) is 83.3 cm³/mol. The number of hydrogen-bond donors (Lipinski definition) is 1. The number of aromatic nitrogens is 2. The summed E-state index contributed by atoms with van der Waals surface area (Å²) in [7, 11) is 1.85. The molecular formula is C17H18FN3. The smallest absolute Gasteiger partial charge is 0.147 e. The Morgan fingerprint density at radius 3 is 2.62 bits per heavy atom. The fourth-order valence-electron chi connectivity index (χ4n) is 2.52. The van der Waals surface area contributed by atoms with Crippen molar-refractivity contribution in [1.29, 1.82) is 0 Å². The van der Waals surface area contributed by atoms with E-state index in [4.69, 9.17) is 0 Å². The van der Waals surface area contributed by atoms with E-state index in [2.05, 4.69) is 30.2 Å². The molecule has 0 saturated heterocycles. The number of benzene rings is 2. The molecule has 1 N–H and O–H groups in total. The van der Waals surface area contributed by atoms with Gasteiger partial charge in [-0.05, 0) is 61.9 Å². The summed E-state index contributed by atoms with van der Waals surface area (Å²) in [5, 5.41) is 3.02. The summed E-state index contributed by atoms with van der Waals surface area (Å²) in [5.41, 5.74) is 5.64. The zero-order chi connectivity index (χ0) is 15.0. The molecule has 0 atom stereocenters. The van der Waals surface area contributed by atoms with Crippen molar-refractivity contribution in [3.63, 3.8) is 0 Å².